The van der Waals surface area contributed by atoms with Gasteiger partial charge < -0.3 is 9.64 Å². The first kappa shape index (κ1) is 22.6. The lowest BCUT2D eigenvalue weighted by Gasteiger charge is -2.38. The van der Waals surface area contributed by atoms with Crippen LogP contribution in [0, 0.1) is 13.8 Å². The van der Waals surface area contributed by atoms with Gasteiger partial charge in [0.05, 0.1) is 4.90 Å². The number of benzene rings is 2. The van der Waals surface area contributed by atoms with Crippen molar-refractivity contribution in [1.29, 1.82) is 0 Å². The molecule has 2 aromatic carbocycles. The molecule has 0 saturated carbocycles. The summed E-state index contributed by atoms with van der Waals surface area (Å²) in [5, 5.41) is 0.590. The van der Waals surface area contributed by atoms with Gasteiger partial charge in [-0.3, -0.25) is 4.79 Å². The number of nitrogens with zero attached hydrogens (tertiary/aromatic N) is 2. The fourth-order valence-corrected chi connectivity index (χ4v) is 5.34. The smallest absolute Gasteiger partial charge is 0.266 e. The number of carbonyl (C=O) groups is 1. The van der Waals surface area contributed by atoms with Crippen LogP contribution in [-0.2, 0) is 14.8 Å². The average molecular weight is 451 g/mol. The monoisotopic (exact) mass is 450 g/mol. The Hall–Kier alpha value is -2.09. The maximum atomic E-state index is 13.0. The average Bonchev–Trinajstić information content (AvgIpc) is 2.69. The molecule has 2 aromatic rings. The van der Waals surface area contributed by atoms with E-state index in [2.05, 4.69) is 0 Å². The Labute approximate surface area is 183 Å². The van der Waals surface area contributed by atoms with Gasteiger partial charge in [0.15, 0.2) is 5.60 Å². The summed E-state index contributed by atoms with van der Waals surface area (Å²) in [5.41, 5.74) is 0.665. The highest BCUT2D eigenvalue weighted by Gasteiger charge is 2.38. The number of piperazine rings is 1. The van der Waals surface area contributed by atoms with Gasteiger partial charge in [0.2, 0.25) is 10.0 Å². The first-order valence-corrected chi connectivity index (χ1v) is 11.6. The van der Waals surface area contributed by atoms with Crippen molar-refractivity contribution < 1.29 is 17.9 Å². The Balaban J connectivity index is 1.66. The Morgan fingerprint density at radius 1 is 1.00 bits per heavy atom. The van der Waals surface area contributed by atoms with E-state index in [4.69, 9.17) is 16.3 Å². The van der Waals surface area contributed by atoms with Crippen molar-refractivity contribution in [3.63, 3.8) is 0 Å². The molecular weight excluding hydrogens is 424 g/mol. The van der Waals surface area contributed by atoms with Crippen molar-refractivity contribution in [1.82, 2.24) is 9.21 Å². The number of amides is 1. The zero-order valence-electron chi connectivity index (χ0n) is 17.7. The number of halogens is 1. The van der Waals surface area contributed by atoms with Gasteiger partial charge in [-0.05, 0) is 63.6 Å². The van der Waals surface area contributed by atoms with Crippen molar-refractivity contribution in [2.45, 2.75) is 38.2 Å². The van der Waals surface area contributed by atoms with Crippen LogP contribution in [0.5, 0.6) is 5.75 Å². The molecular formula is C22H27ClN2O4S. The Bertz CT molecular complexity index is 1030. The molecule has 1 amide bonds. The molecule has 1 heterocycles. The molecule has 1 aliphatic rings. The highest BCUT2D eigenvalue weighted by molar-refractivity contribution is 7.89. The lowest BCUT2D eigenvalue weighted by molar-refractivity contribution is -0.146. The summed E-state index contributed by atoms with van der Waals surface area (Å²) in [5.74, 6) is 0.370. The first-order valence-electron chi connectivity index (χ1n) is 9.82. The zero-order chi connectivity index (χ0) is 22.1. The van der Waals surface area contributed by atoms with Crippen LogP contribution in [0.25, 0.3) is 0 Å². The Kier molecular flexibility index (Phi) is 6.45. The van der Waals surface area contributed by atoms with Crippen molar-refractivity contribution in [2.75, 3.05) is 26.2 Å². The summed E-state index contributed by atoms with van der Waals surface area (Å²) in [4.78, 5) is 15.0. The standard InChI is InChI=1S/C22H27ClN2O4S/c1-16-5-10-20(17(2)15-16)30(27,28)25-13-11-24(12-14-25)21(26)22(3,4)29-19-8-6-18(23)7-9-19/h5-10,15H,11-14H2,1-4H3. The topological polar surface area (TPSA) is 66.9 Å². The molecule has 3 rings (SSSR count). The minimum atomic E-state index is -3.60. The molecule has 1 saturated heterocycles. The van der Waals surface area contributed by atoms with E-state index >= 15 is 0 Å². The number of hydrogen-bond acceptors (Lipinski definition) is 4. The summed E-state index contributed by atoms with van der Waals surface area (Å²) >= 11 is 5.89. The molecule has 162 valence electrons. The highest BCUT2D eigenvalue weighted by Crippen LogP contribution is 2.25. The number of rotatable bonds is 5. The van der Waals surface area contributed by atoms with Crippen LogP contribution in [0.3, 0.4) is 0 Å². The SMILES string of the molecule is Cc1ccc(S(=O)(=O)N2CCN(C(=O)C(C)(C)Oc3ccc(Cl)cc3)CC2)c(C)c1. The van der Waals surface area contributed by atoms with Gasteiger partial charge in [-0.25, -0.2) is 8.42 Å². The molecule has 0 bridgehead atoms. The van der Waals surface area contributed by atoms with E-state index < -0.39 is 15.6 Å². The van der Waals surface area contributed by atoms with Crippen molar-refractivity contribution in [2.24, 2.45) is 0 Å². The largest absolute Gasteiger partial charge is 0.478 e. The molecule has 1 fully saturated rings. The minimum Gasteiger partial charge on any atom is -0.478 e. The maximum Gasteiger partial charge on any atom is 0.266 e. The van der Waals surface area contributed by atoms with Gasteiger partial charge >= 0.3 is 0 Å². The summed E-state index contributed by atoms with van der Waals surface area (Å²) in [6, 6.07) is 12.2. The number of sulfonamides is 1. The van der Waals surface area contributed by atoms with Crippen LogP contribution >= 0.6 is 11.6 Å². The fourth-order valence-electron chi connectivity index (χ4n) is 3.58. The first-order chi connectivity index (χ1) is 14.0. The van der Waals surface area contributed by atoms with E-state index in [9.17, 15) is 13.2 Å². The van der Waals surface area contributed by atoms with Crippen LogP contribution in [-0.4, -0.2) is 55.3 Å². The van der Waals surface area contributed by atoms with Gasteiger partial charge in [-0.1, -0.05) is 29.3 Å². The zero-order valence-corrected chi connectivity index (χ0v) is 19.3. The molecule has 0 radical (unpaired) electrons. The molecule has 0 atom stereocenters. The summed E-state index contributed by atoms with van der Waals surface area (Å²) in [7, 11) is -3.60. The van der Waals surface area contributed by atoms with E-state index in [1.54, 1.807) is 62.1 Å². The minimum absolute atomic E-state index is 0.180. The molecule has 0 spiro atoms. The third-order valence-corrected chi connectivity index (χ3v) is 7.49. The summed E-state index contributed by atoms with van der Waals surface area (Å²) in [6.07, 6.45) is 0. The van der Waals surface area contributed by atoms with Crippen LogP contribution < -0.4 is 4.74 Å². The fraction of sp³-hybridized carbons (Fsp3) is 0.409. The van der Waals surface area contributed by atoms with Gasteiger partial charge in [0, 0.05) is 31.2 Å². The van der Waals surface area contributed by atoms with Gasteiger partial charge in [0.1, 0.15) is 5.75 Å². The van der Waals surface area contributed by atoms with Crippen LogP contribution in [0.2, 0.25) is 5.02 Å². The highest BCUT2D eigenvalue weighted by atomic mass is 35.5. The van der Waals surface area contributed by atoms with E-state index in [0.717, 1.165) is 11.1 Å². The molecule has 0 aliphatic carbocycles. The molecule has 0 aromatic heterocycles. The lowest BCUT2D eigenvalue weighted by atomic mass is 10.1. The Morgan fingerprint density at radius 2 is 1.60 bits per heavy atom. The van der Waals surface area contributed by atoms with Crippen LogP contribution in [0.1, 0.15) is 25.0 Å². The van der Waals surface area contributed by atoms with Crippen molar-refractivity contribution in [3.8, 4) is 5.75 Å². The predicted octanol–water partition coefficient (Wildman–Crippen LogP) is 3.65. The second kappa shape index (κ2) is 8.57. The number of hydrogen-bond donors (Lipinski definition) is 0. The van der Waals surface area contributed by atoms with Gasteiger partial charge in [0.25, 0.3) is 5.91 Å². The molecule has 1 aliphatic heterocycles. The molecule has 6 nitrogen and oxygen atoms in total. The molecule has 0 N–H and O–H groups in total. The van der Waals surface area contributed by atoms with E-state index in [0.29, 0.717) is 28.8 Å². The van der Waals surface area contributed by atoms with Crippen molar-refractivity contribution in [3.05, 3.63) is 58.6 Å². The third-order valence-electron chi connectivity index (χ3n) is 5.18. The van der Waals surface area contributed by atoms with E-state index in [1.807, 2.05) is 13.0 Å². The number of carbonyl (C=O) groups excluding carboxylic acids is 1. The second-order valence-electron chi connectivity index (χ2n) is 8.03. The van der Waals surface area contributed by atoms with Gasteiger partial charge in [-0.15, -0.1) is 0 Å². The molecule has 0 unspecified atom stereocenters. The normalized spacial score (nSPS) is 15.8. The predicted molar refractivity (Wildman–Crippen MR) is 117 cm³/mol. The summed E-state index contributed by atoms with van der Waals surface area (Å²) < 4.78 is 33.4. The van der Waals surface area contributed by atoms with E-state index in [1.165, 1.54) is 4.31 Å². The molecule has 8 heteroatoms. The van der Waals surface area contributed by atoms with Crippen molar-refractivity contribution >= 4 is 27.5 Å². The van der Waals surface area contributed by atoms with Crippen LogP contribution in [0.15, 0.2) is 47.4 Å². The molecule has 30 heavy (non-hydrogen) atoms. The lowest BCUT2D eigenvalue weighted by Crippen LogP contribution is -2.56. The maximum absolute atomic E-state index is 13.0. The second-order valence-corrected chi connectivity index (χ2v) is 10.4. The van der Waals surface area contributed by atoms with Gasteiger partial charge in [-0.2, -0.15) is 4.31 Å². The summed E-state index contributed by atoms with van der Waals surface area (Å²) in [6.45, 7) is 8.28. The quantitative estimate of drug-likeness (QED) is 0.697. The third kappa shape index (κ3) is 4.79. The van der Waals surface area contributed by atoms with Crippen LogP contribution in [0.4, 0.5) is 0 Å². The Morgan fingerprint density at radius 3 is 2.17 bits per heavy atom. The number of aryl methyl sites for hydroxylation is 2. The van der Waals surface area contributed by atoms with E-state index in [-0.39, 0.29) is 19.0 Å². The number of ether oxygens (including phenoxy) is 1.